The molecule has 2 N–H and O–H groups in total. The molecule has 0 unspecified atom stereocenters. The van der Waals surface area contributed by atoms with E-state index in [0.29, 0.717) is 22.9 Å². The Morgan fingerprint density at radius 1 is 1.58 bits per heavy atom. The third-order valence-corrected chi connectivity index (χ3v) is 5.19. The summed E-state index contributed by atoms with van der Waals surface area (Å²) >= 11 is 1.28. The molecule has 0 saturated carbocycles. The number of rotatable bonds is 7. The number of carbonyl (C=O) groups is 1. The lowest BCUT2D eigenvalue weighted by Crippen LogP contribution is -2.48. The van der Waals surface area contributed by atoms with E-state index in [2.05, 4.69) is 15.5 Å². The van der Waals surface area contributed by atoms with Gasteiger partial charge in [0.2, 0.25) is 5.72 Å². The van der Waals surface area contributed by atoms with Crippen LogP contribution in [0.4, 0.5) is 0 Å². The van der Waals surface area contributed by atoms with Crippen LogP contribution in [0.2, 0.25) is 0 Å². The molecule has 0 bridgehead atoms. The van der Waals surface area contributed by atoms with Crippen molar-refractivity contribution in [2.75, 3.05) is 12.9 Å². The molecule has 0 saturated heterocycles. The largest absolute Gasteiger partial charge is 0.426 e. The van der Waals surface area contributed by atoms with Crippen molar-refractivity contribution >= 4 is 28.4 Å². The maximum Gasteiger partial charge on any atom is 0.336 e. The Bertz CT molecular complexity index is 789. The average Bonchev–Trinajstić information content (AvgIpc) is 3.05. The number of nitrogens with one attached hydrogen (secondary N) is 1. The van der Waals surface area contributed by atoms with Gasteiger partial charge in [0.15, 0.2) is 0 Å². The predicted octanol–water partition coefficient (Wildman–Crippen LogP) is 2.24. The van der Waals surface area contributed by atoms with Crippen LogP contribution < -0.4 is 10.9 Å². The van der Waals surface area contributed by atoms with Crippen molar-refractivity contribution < 1.29 is 19.2 Å². The second-order valence-electron chi connectivity index (χ2n) is 6.05. The highest BCUT2D eigenvalue weighted by molar-refractivity contribution is 8.16. The number of oxime groups is 1. The summed E-state index contributed by atoms with van der Waals surface area (Å²) in [6.07, 6.45) is 1.38. The summed E-state index contributed by atoms with van der Waals surface area (Å²) in [7, 11) is 1.40. The Morgan fingerprint density at radius 2 is 2.31 bits per heavy atom. The van der Waals surface area contributed by atoms with E-state index >= 15 is 0 Å². The molecule has 142 valence electrons. The van der Waals surface area contributed by atoms with Crippen LogP contribution in [0.5, 0.6) is 0 Å². The molecule has 0 aliphatic carbocycles. The van der Waals surface area contributed by atoms with Gasteiger partial charge in [0.25, 0.3) is 5.91 Å². The number of carbonyl (C=O) groups excluding carboxylic acids is 1. The molecular formula is C17H23N3O5S. The Kier molecular flexibility index (Phi) is 6.60. The van der Waals surface area contributed by atoms with Crippen molar-refractivity contribution in [3.63, 3.8) is 0 Å². The fourth-order valence-corrected chi connectivity index (χ4v) is 3.69. The first-order valence-corrected chi connectivity index (χ1v) is 9.23. The smallest absolute Gasteiger partial charge is 0.336 e. The van der Waals surface area contributed by atoms with E-state index in [1.165, 1.54) is 24.9 Å². The van der Waals surface area contributed by atoms with Gasteiger partial charge in [0, 0.05) is 13.2 Å². The van der Waals surface area contributed by atoms with E-state index in [0.717, 1.165) is 12.0 Å². The third-order valence-electron chi connectivity index (χ3n) is 4.00. The van der Waals surface area contributed by atoms with Gasteiger partial charge in [-0.2, -0.15) is 0 Å². The first kappa shape index (κ1) is 20.2. The zero-order valence-corrected chi connectivity index (χ0v) is 16.1. The number of aryl methyl sites for hydroxylation is 1. The van der Waals surface area contributed by atoms with Crippen LogP contribution in [0.25, 0.3) is 0 Å². The zero-order valence-electron chi connectivity index (χ0n) is 15.2. The van der Waals surface area contributed by atoms with E-state index in [-0.39, 0.29) is 5.75 Å². The van der Waals surface area contributed by atoms with Crippen LogP contribution in [0.1, 0.15) is 44.1 Å². The van der Waals surface area contributed by atoms with Gasteiger partial charge in [-0.1, -0.05) is 30.3 Å². The summed E-state index contributed by atoms with van der Waals surface area (Å²) < 4.78 is 10.7. The first-order chi connectivity index (χ1) is 12.3. The predicted molar refractivity (Wildman–Crippen MR) is 100 cm³/mol. The molecule has 1 aromatic rings. The number of ether oxygens (including phenoxy) is 1. The topological polar surface area (TPSA) is 113 Å². The average molecular weight is 381 g/mol. The van der Waals surface area contributed by atoms with Gasteiger partial charge < -0.3 is 19.7 Å². The minimum absolute atomic E-state index is 0.258. The van der Waals surface area contributed by atoms with Crippen molar-refractivity contribution in [3.8, 4) is 0 Å². The van der Waals surface area contributed by atoms with Crippen molar-refractivity contribution in [2.45, 2.75) is 45.4 Å². The molecule has 0 fully saturated rings. The minimum atomic E-state index is -1.41. The maximum atomic E-state index is 12.9. The van der Waals surface area contributed by atoms with Gasteiger partial charge in [-0.15, -0.1) is 0 Å². The molecule has 2 atom stereocenters. The molecule has 2 rings (SSSR count). The van der Waals surface area contributed by atoms with Gasteiger partial charge in [0.1, 0.15) is 16.5 Å². The van der Waals surface area contributed by atoms with Gasteiger partial charge in [-0.05, 0) is 31.9 Å². The van der Waals surface area contributed by atoms with Gasteiger partial charge in [-0.3, -0.25) is 4.79 Å². The maximum absolute atomic E-state index is 12.9. The van der Waals surface area contributed by atoms with Gasteiger partial charge in [0.05, 0.1) is 11.8 Å². The van der Waals surface area contributed by atoms with Crippen LogP contribution in [0.3, 0.4) is 0 Å². The lowest BCUT2D eigenvalue weighted by molar-refractivity contribution is -0.140. The summed E-state index contributed by atoms with van der Waals surface area (Å²) in [5.74, 6) is 0.226. The van der Waals surface area contributed by atoms with Gasteiger partial charge >= 0.3 is 5.63 Å². The van der Waals surface area contributed by atoms with Crippen molar-refractivity contribution in [3.05, 3.63) is 33.9 Å². The molecule has 0 aromatic carbocycles. The number of hydrogen-bond acceptors (Lipinski definition) is 8. The van der Waals surface area contributed by atoms with Crippen LogP contribution in [-0.2, 0) is 9.53 Å². The first-order valence-electron chi connectivity index (χ1n) is 8.24. The standard InChI is InChI=1S/C17H23N3O5S/c1-5-6-12(13-7-10(2)8-14(21)25-13)18-16(22)17(24-4)9-26-15(19-17)11(3)20-23/h7-8,12,23H,5-6,9H2,1-4H3,(H,18,22)/b20-11+/t12-,17-/m1/s1. The number of aliphatic imine (C=N–C) groups is 1. The van der Waals surface area contributed by atoms with E-state index in [4.69, 9.17) is 14.4 Å². The number of methoxy groups -OCH3 is 1. The zero-order chi connectivity index (χ0) is 19.3. The Hall–Kier alpha value is -2.13. The third kappa shape index (κ3) is 4.34. The van der Waals surface area contributed by atoms with Crippen molar-refractivity contribution in [2.24, 2.45) is 10.1 Å². The molecule has 9 heteroatoms. The number of thioether (sulfide) groups is 1. The highest BCUT2D eigenvalue weighted by Gasteiger charge is 2.44. The van der Waals surface area contributed by atoms with Crippen molar-refractivity contribution in [1.82, 2.24) is 5.32 Å². The normalized spacial score (nSPS) is 21.4. The minimum Gasteiger partial charge on any atom is -0.426 e. The van der Waals surface area contributed by atoms with E-state index in [9.17, 15) is 9.59 Å². The lowest BCUT2D eigenvalue weighted by atomic mass is 10.1. The van der Waals surface area contributed by atoms with E-state index in [1.54, 1.807) is 19.9 Å². The number of amides is 1. The summed E-state index contributed by atoms with van der Waals surface area (Å²) in [5.41, 5.74) is -0.790. The summed E-state index contributed by atoms with van der Waals surface area (Å²) in [6.45, 7) is 5.36. The molecule has 26 heavy (non-hydrogen) atoms. The highest BCUT2D eigenvalue weighted by Crippen LogP contribution is 2.31. The lowest BCUT2D eigenvalue weighted by Gasteiger charge is -2.26. The number of hydrogen-bond donors (Lipinski definition) is 2. The summed E-state index contributed by atoms with van der Waals surface area (Å²) in [5, 5.41) is 15.3. The fourth-order valence-electron chi connectivity index (χ4n) is 2.58. The highest BCUT2D eigenvalue weighted by atomic mass is 32.2. The molecule has 1 aliphatic rings. The molecule has 0 radical (unpaired) electrons. The Labute approximate surface area is 155 Å². The second kappa shape index (κ2) is 8.50. The quantitative estimate of drug-likeness (QED) is 0.425. The Morgan fingerprint density at radius 3 is 2.88 bits per heavy atom. The van der Waals surface area contributed by atoms with Crippen LogP contribution >= 0.6 is 11.8 Å². The van der Waals surface area contributed by atoms with Gasteiger partial charge in [-0.25, -0.2) is 9.79 Å². The second-order valence-corrected chi connectivity index (χ2v) is 7.01. The Balaban J connectivity index is 2.29. The van der Waals surface area contributed by atoms with E-state index < -0.39 is 23.3 Å². The molecule has 1 aromatic heterocycles. The molecule has 2 heterocycles. The SMILES string of the molecule is CCC[C@@H](NC(=O)[C@]1(OC)CSC(/C(C)=N/O)=N1)c1cc(C)cc(=O)o1. The fraction of sp³-hybridized carbons (Fsp3) is 0.529. The molecule has 1 aliphatic heterocycles. The van der Waals surface area contributed by atoms with Crippen molar-refractivity contribution in [1.29, 1.82) is 0 Å². The van der Waals surface area contributed by atoms with Crippen LogP contribution in [-0.4, -0.2) is 40.5 Å². The van der Waals surface area contributed by atoms with Crippen LogP contribution in [0, 0.1) is 6.92 Å². The van der Waals surface area contributed by atoms with E-state index in [1.807, 2.05) is 6.92 Å². The molecule has 1 amide bonds. The molecule has 0 spiro atoms. The van der Waals surface area contributed by atoms with Crippen LogP contribution in [0.15, 0.2) is 31.5 Å². The summed E-state index contributed by atoms with van der Waals surface area (Å²) in [4.78, 5) is 28.9. The monoisotopic (exact) mass is 381 g/mol. The molecular weight excluding hydrogens is 358 g/mol. The summed E-state index contributed by atoms with van der Waals surface area (Å²) in [6, 6.07) is 2.66. The number of nitrogens with zero attached hydrogens (tertiary/aromatic N) is 2. The molecule has 8 nitrogen and oxygen atoms in total.